The van der Waals surface area contributed by atoms with Crippen molar-refractivity contribution in [2.75, 3.05) is 19.8 Å². The zero-order valence-corrected chi connectivity index (χ0v) is 15.5. The summed E-state index contributed by atoms with van der Waals surface area (Å²) in [4.78, 5) is 9.74. The lowest BCUT2D eigenvalue weighted by atomic mass is 10.0. The summed E-state index contributed by atoms with van der Waals surface area (Å²) in [7, 11) is -4.04. The Labute approximate surface area is 160 Å². The van der Waals surface area contributed by atoms with Crippen molar-refractivity contribution < 1.29 is 27.2 Å². The molecule has 0 amide bonds. The molecule has 1 saturated heterocycles. The van der Waals surface area contributed by atoms with E-state index in [2.05, 4.69) is 0 Å². The normalized spacial score (nSPS) is 19.5. The van der Waals surface area contributed by atoms with Gasteiger partial charge in [0.25, 0.3) is 0 Å². The molecule has 2 aromatic rings. The van der Waals surface area contributed by atoms with Gasteiger partial charge in [-0.25, -0.2) is 8.42 Å². The monoisotopic (exact) mass is 408 g/mol. The van der Waals surface area contributed by atoms with Gasteiger partial charge in [0.1, 0.15) is 13.2 Å². The van der Waals surface area contributed by atoms with Gasteiger partial charge < -0.3 is 9.47 Å². The number of nitro groups is 1. The average Bonchev–Trinajstić information content (AvgIpc) is 3.18. The Balaban J connectivity index is 1.70. The molecule has 1 fully saturated rings. The maximum atomic E-state index is 13.6. The lowest BCUT2D eigenvalue weighted by Crippen LogP contribution is -2.31. The van der Waals surface area contributed by atoms with Gasteiger partial charge in [0.2, 0.25) is 15.8 Å². The highest BCUT2D eigenvalue weighted by Gasteiger charge is 2.37. The number of ether oxygens (including phenoxy) is 2. The number of sulfonamides is 1. The smallest absolute Gasteiger partial charge is 0.306 e. The Bertz CT molecular complexity index is 1040. The van der Waals surface area contributed by atoms with Gasteiger partial charge in [0.15, 0.2) is 11.5 Å². The molecule has 0 saturated carbocycles. The van der Waals surface area contributed by atoms with Gasteiger partial charge in [-0.15, -0.1) is 0 Å². The highest BCUT2D eigenvalue weighted by atomic mass is 32.2. The van der Waals surface area contributed by atoms with E-state index in [1.54, 1.807) is 18.2 Å². The summed E-state index contributed by atoms with van der Waals surface area (Å²) in [5, 5.41) is 11.0. The van der Waals surface area contributed by atoms with Gasteiger partial charge in [-0.2, -0.15) is 8.70 Å². The second-order valence-corrected chi connectivity index (χ2v) is 8.44. The van der Waals surface area contributed by atoms with Crippen molar-refractivity contribution in [2.24, 2.45) is 0 Å². The molecule has 2 aromatic carbocycles. The van der Waals surface area contributed by atoms with E-state index < -0.39 is 32.5 Å². The van der Waals surface area contributed by atoms with Crippen molar-refractivity contribution in [2.45, 2.75) is 23.8 Å². The van der Waals surface area contributed by atoms with Crippen LogP contribution in [0.2, 0.25) is 0 Å². The summed E-state index contributed by atoms with van der Waals surface area (Å²) in [6.07, 6.45) is 1.24. The van der Waals surface area contributed by atoms with E-state index in [0.29, 0.717) is 37.6 Å². The fraction of sp³-hybridized carbons (Fsp3) is 0.333. The number of nitrogens with zero attached hydrogens (tertiary/aromatic N) is 2. The molecule has 4 rings (SSSR count). The first-order chi connectivity index (χ1) is 13.4. The summed E-state index contributed by atoms with van der Waals surface area (Å²) in [6.45, 7) is 1.15. The minimum absolute atomic E-state index is 0.270. The number of fused-ring (bicyclic) bond motifs is 1. The molecule has 8 nitrogen and oxygen atoms in total. The fourth-order valence-corrected chi connectivity index (χ4v) is 5.26. The number of halogens is 1. The van der Waals surface area contributed by atoms with Crippen molar-refractivity contribution >= 4 is 15.7 Å². The maximum absolute atomic E-state index is 13.6. The third kappa shape index (κ3) is 3.18. The first-order valence-corrected chi connectivity index (χ1v) is 10.2. The third-order valence-electron chi connectivity index (χ3n) is 4.88. The van der Waals surface area contributed by atoms with Crippen LogP contribution in [0.4, 0.5) is 10.1 Å². The van der Waals surface area contributed by atoms with E-state index in [-0.39, 0.29) is 11.4 Å². The molecule has 0 N–H and O–H groups in total. The van der Waals surface area contributed by atoms with Gasteiger partial charge in [-0.1, -0.05) is 6.07 Å². The average molecular weight is 408 g/mol. The zero-order valence-electron chi connectivity index (χ0n) is 14.7. The number of hydrogen-bond donors (Lipinski definition) is 0. The molecule has 0 unspecified atom stereocenters. The predicted octanol–water partition coefficient (Wildman–Crippen LogP) is 3.03. The standard InChI is InChI=1S/C18H17FN2O6S/c19-14-5-4-13(11-16(14)21(22)23)28(24,25)20-7-1-2-15(20)12-3-6-17-18(10-12)27-9-8-26-17/h3-6,10-11,15H,1-2,7-9H2/t15-/m0/s1. The van der Waals surface area contributed by atoms with Crippen molar-refractivity contribution in [1.29, 1.82) is 0 Å². The quantitative estimate of drug-likeness (QED) is 0.570. The van der Waals surface area contributed by atoms with Crippen LogP contribution in [0.15, 0.2) is 41.3 Å². The number of rotatable bonds is 4. The SMILES string of the molecule is O=[N+]([O-])c1cc(S(=O)(=O)N2CCC[C@H]2c2ccc3c(c2)OCCO3)ccc1F. The Hall–Kier alpha value is -2.72. The van der Waals surface area contributed by atoms with Crippen LogP contribution in [-0.2, 0) is 10.0 Å². The Morgan fingerprint density at radius 2 is 1.86 bits per heavy atom. The fourth-order valence-electron chi connectivity index (χ4n) is 3.56. The molecule has 28 heavy (non-hydrogen) atoms. The van der Waals surface area contributed by atoms with Crippen molar-refractivity contribution in [3.8, 4) is 11.5 Å². The molecule has 1 atom stereocenters. The molecule has 0 spiro atoms. The van der Waals surface area contributed by atoms with Crippen LogP contribution in [-0.4, -0.2) is 37.4 Å². The molecule has 0 bridgehead atoms. The summed E-state index contributed by atoms with van der Waals surface area (Å²) in [5.74, 6) is 0.0933. The van der Waals surface area contributed by atoms with Gasteiger partial charge in [-0.05, 0) is 42.7 Å². The van der Waals surface area contributed by atoms with Crippen LogP contribution >= 0.6 is 0 Å². The lowest BCUT2D eigenvalue weighted by Gasteiger charge is -2.26. The van der Waals surface area contributed by atoms with Gasteiger partial charge in [0, 0.05) is 12.6 Å². The molecular formula is C18H17FN2O6S. The molecule has 0 aliphatic carbocycles. The highest BCUT2D eigenvalue weighted by Crippen LogP contribution is 2.40. The number of nitro benzene ring substituents is 1. The number of benzene rings is 2. The summed E-state index contributed by atoms with van der Waals surface area (Å²) in [5.41, 5.74) is -0.113. The predicted molar refractivity (Wildman–Crippen MR) is 96.4 cm³/mol. The zero-order chi connectivity index (χ0) is 19.9. The summed E-state index contributed by atoms with van der Waals surface area (Å²) >= 11 is 0. The van der Waals surface area contributed by atoms with Crippen molar-refractivity contribution in [1.82, 2.24) is 4.31 Å². The largest absolute Gasteiger partial charge is 0.486 e. The van der Waals surface area contributed by atoms with E-state index in [4.69, 9.17) is 9.47 Å². The molecule has 10 heteroatoms. The summed E-state index contributed by atoms with van der Waals surface area (Å²) in [6, 6.07) is 7.49. The molecule has 2 heterocycles. The Kier molecular flexibility index (Phi) is 4.68. The maximum Gasteiger partial charge on any atom is 0.306 e. The minimum atomic E-state index is -4.04. The highest BCUT2D eigenvalue weighted by molar-refractivity contribution is 7.89. The second-order valence-electron chi connectivity index (χ2n) is 6.55. The van der Waals surface area contributed by atoms with Crippen molar-refractivity contribution in [3.63, 3.8) is 0 Å². The van der Waals surface area contributed by atoms with E-state index in [1.165, 1.54) is 4.31 Å². The van der Waals surface area contributed by atoms with Crippen LogP contribution in [0, 0.1) is 15.9 Å². The van der Waals surface area contributed by atoms with Crippen LogP contribution in [0.5, 0.6) is 11.5 Å². The molecular weight excluding hydrogens is 391 g/mol. The molecule has 0 aromatic heterocycles. The molecule has 2 aliphatic heterocycles. The third-order valence-corrected chi connectivity index (χ3v) is 6.78. The van der Waals surface area contributed by atoms with Crippen LogP contribution in [0.1, 0.15) is 24.4 Å². The van der Waals surface area contributed by atoms with Crippen LogP contribution < -0.4 is 9.47 Å². The first kappa shape index (κ1) is 18.6. The Morgan fingerprint density at radius 1 is 1.11 bits per heavy atom. The molecule has 148 valence electrons. The van der Waals surface area contributed by atoms with Gasteiger partial charge >= 0.3 is 5.69 Å². The lowest BCUT2D eigenvalue weighted by molar-refractivity contribution is -0.387. The van der Waals surface area contributed by atoms with E-state index in [9.17, 15) is 22.9 Å². The van der Waals surface area contributed by atoms with Crippen molar-refractivity contribution in [3.05, 3.63) is 57.9 Å². The summed E-state index contributed by atoms with van der Waals surface area (Å²) < 4.78 is 52.2. The van der Waals surface area contributed by atoms with E-state index in [0.717, 1.165) is 23.8 Å². The topological polar surface area (TPSA) is 99.0 Å². The van der Waals surface area contributed by atoms with Crippen LogP contribution in [0.25, 0.3) is 0 Å². The van der Waals surface area contributed by atoms with E-state index in [1.807, 2.05) is 0 Å². The molecule has 2 aliphatic rings. The molecule has 0 radical (unpaired) electrons. The second kappa shape index (κ2) is 7.02. The number of hydrogen-bond acceptors (Lipinski definition) is 6. The van der Waals surface area contributed by atoms with Gasteiger partial charge in [-0.3, -0.25) is 10.1 Å². The Morgan fingerprint density at radius 3 is 2.61 bits per heavy atom. The first-order valence-electron chi connectivity index (χ1n) is 8.73. The van der Waals surface area contributed by atoms with Crippen LogP contribution in [0.3, 0.4) is 0 Å². The van der Waals surface area contributed by atoms with E-state index >= 15 is 0 Å². The minimum Gasteiger partial charge on any atom is -0.486 e. The van der Waals surface area contributed by atoms with Gasteiger partial charge in [0.05, 0.1) is 15.9 Å².